The van der Waals surface area contributed by atoms with Crippen LogP contribution in [0.4, 0.5) is 5.82 Å². The van der Waals surface area contributed by atoms with E-state index >= 15 is 0 Å². The second-order valence-electron chi connectivity index (χ2n) is 11.5. The monoisotopic (exact) mass is 552 g/mol. The SMILES string of the molecule is COc1c(O)cc(CCc2ccc(C(C)(C)C)cc2)cc1-c1ccc(ONN2CCN(c3ccccn3)CC2)cc1. The standard InChI is InChI=1S/C34H40N4O3/c1-34(2,3)28-14-10-25(11-15-28)8-9-26-23-30(33(40-4)31(39)24-26)27-12-16-29(17-13-27)41-36-38-21-19-37(20-22-38)32-7-5-6-18-35-32/h5-7,10-18,23-24,36,39H,8-9,19-22H2,1-4H3. The Hall–Kier alpha value is -4.07. The first-order chi connectivity index (χ1) is 19.8. The first-order valence-corrected chi connectivity index (χ1v) is 14.2. The minimum absolute atomic E-state index is 0.141. The molecule has 1 aliphatic rings. The van der Waals surface area contributed by atoms with Crippen LogP contribution in [0.2, 0.25) is 0 Å². The fourth-order valence-electron chi connectivity index (χ4n) is 5.09. The minimum atomic E-state index is 0.141. The third-order valence-corrected chi connectivity index (χ3v) is 7.57. The van der Waals surface area contributed by atoms with E-state index in [-0.39, 0.29) is 11.2 Å². The smallest absolute Gasteiger partial charge is 0.168 e. The van der Waals surface area contributed by atoms with Gasteiger partial charge in [0, 0.05) is 37.9 Å². The van der Waals surface area contributed by atoms with E-state index in [2.05, 4.69) is 71.6 Å². The number of hydrogen-bond donors (Lipinski definition) is 2. The van der Waals surface area contributed by atoms with Gasteiger partial charge >= 0.3 is 0 Å². The Morgan fingerprint density at radius 1 is 0.854 bits per heavy atom. The Morgan fingerprint density at radius 2 is 1.56 bits per heavy atom. The highest BCUT2D eigenvalue weighted by atomic mass is 16.7. The second-order valence-corrected chi connectivity index (χ2v) is 11.5. The quantitative estimate of drug-likeness (QED) is 0.241. The molecule has 1 aliphatic heterocycles. The highest BCUT2D eigenvalue weighted by Gasteiger charge is 2.19. The van der Waals surface area contributed by atoms with Gasteiger partial charge in [0.05, 0.1) is 7.11 Å². The summed E-state index contributed by atoms with van der Waals surface area (Å²) in [7, 11) is 1.59. The molecule has 1 aromatic heterocycles. The topological polar surface area (TPSA) is 70.1 Å². The fraction of sp³-hybridized carbons (Fsp3) is 0.324. The number of aromatic hydroxyl groups is 1. The third kappa shape index (κ3) is 7.17. The van der Waals surface area contributed by atoms with Crippen LogP contribution in [0.3, 0.4) is 0 Å². The van der Waals surface area contributed by atoms with Crippen molar-refractivity contribution in [2.45, 2.75) is 39.0 Å². The lowest BCUT2D eigenvalue weighted by Crippen LogP contribution is -2.53. The van der Waals surface area contributed by atoms with E-state index in [1.807, 2.05) is 48.7 Å². The molecule has 0 aliphatic carbocycles. The lowest BCUT2D eigenvalue weighted by molar-refractivity contribution is -0.000427. The summed E-state index contributed by atoms with van der Waals surface area (Å²) in [6.45, 7) is 10.1. The highest BCUT2D eigenvalue weighted by molar-refractivity contribution is 5.75. The van der Waals surface area contributed by atoms with Crippen molar-refractivity contribution in [3.8, 4) is 28.4 Å². The number of anilines is 1. The number of benzene rings is 3. The van der Waals surface area contributed by atoms with E-state index in [0.29, 0.717) is 11.5 Å². The number of phenols is 1. The zero-order valence-electron chi connectivity index (χ0n) is 24.4. The van der Waals surface area contributed by atoms with E-state index < -0.39 is 0 Å². The van der Waals surface area contributed by atoms with E-state index in [0.717, 1.165) is 61.5 Å². The molecule has 0 atom stereocenters. The average molecular weight is 553 g/mol. The fourth-order valence-corrected chi connectivity index (χ4v) is 5.09. The van der Waals surface area contributed by atoms with E-state index in [9.17, 15) is 5.11 Å². The molecule has 41 heavy (non-hydrogen) atoms. The number of aromatic nitrogens is 1. The summed E-state index contributed by atoms with van der Waals surface area (Å²) in [4.78, 5) is 12.6. The van der Waals surface area contributed by atoms with Gasteiger partial charge in [0.1, 0.15) is 11.6 Å². The van der Waals surface area contributed by atoms with Crippen LogP contribution < -0.4 is 20.1 Å². The van der Waals surface area contributed by atoms with Crippen molar-refractivity contribution in [3.63, 3.8) is 0 Å². The molecule has 0 spiro atoms. The van der Waals surface area contributed by atoms with E-state index in [4.69, 9.17) is 9.57 Å². The lowest BCUT2D eigenvalue weighted by atomic mass is 9.86. The molecule has 1 saturated heterocycles. The molecular weight excluding hydrogens is 512 g/mol. The Bertz CT molecular complexity index is 1410. The molecule has 7 heteroatoms. The number of phenolic OH excluding ortho intramolecular Hbond substituents is 1. The molecule has 214 valence electrons. The zero-order valence-corrected chi connectivity index (χ0v) is 24.4. The molecule has 0 saturated carbocycles. The maximum absolute atomic E-state index is 10.8. The number of piperazine rings is 1. The van der Waals surface area contributed by atoms with Crippen molar-refractivity contribution in [1.82, 2.24) is 15.6 Å². The van der Waals surface area contributed by atoms with Crippen LogP contribution in [0.25, 0.3) is 11.1 Å². The number of hydrogen-bond acceptors (Lipinski definition) is 7. The molecule has 4 aromatic rings. The summed E-state index contributed by atoms with van der Waals surface area (Å²) in [6, 6.07) is 26.6. The molecule has 0 radical (unpaired) electrons. The molecule has 0 bridgehead atoms. The molecule has 0 amide bonds. The average Bonchev–Trinajstić information content (AvgIpc) is 2.99. The molecule has 2 heterocycles. The van der Waals surface area contributed by atoms with Gasteiger partial charge in [-0.2, -0.15) is 0 Å². The van der Waals surface area contributed by atoms with Crippen molar-refractivity contribution in [1.29, 1.82) is 0 Å². The van der Waals surface area contributed by atoms with Gasteiger partial charge in [0.25, 0.3) is 0 Å². The predicted molar refractivity (Wildman–Crippen MR) is 164 cm³/mol. The summed E-state index contributed by atoms with van der Waals surface area (Å²) in [5, 5.41) is 12.8. The number of aryl methyl sites for hydroxylation is 2. The van der Waals surface area contributed by atoms with Crippen molar-refractivity contribution in [2.75, 3.05) is 38.2 Å². The maximum atomic E-state index is 10.8. The number of rotatable bonds is 9. The van der Waals surface area contributed by atoms with Crippen LogP contribution in [0.5, 0.6) is 17.2 Å². The summed E-state index contributed by atoms with van der Waals surface area (Å²) < 4.78 is 5.58. The summed E-state index contributed by atoms with van der Waals surface area (Å²) in [6.07, 6.45) is 3.54. The first kappa shape index (κ1) is 28.5. The molecule has 2 N–H and O–H groups in total. The number of hydrazine groups is 1. The van der Waals surface area contributed by atoms with Crippen LogP contribution in [-0.4, -0.2) is 48.4 Å². The number of nitrogens with zero attached hydrogens (tertiary/aromatic N) is 3. The molecule has 5 rings (SSSR count). The largest absolute Gasteiger partial charge is 0.504 e. The number of methoxy groups -OCH3 is 1. The van der Waals surface area contributed by atoms with Gasteiger partial charge in [-0.25, -0.2) is 9.99 Å². The maximum Gasteiger partial charge on any atom is 0.168 e. The Kier molecular flexibility index (Phi) is 8.76. The number of ether oxygens (including phenoxy) is 1. The van der Waals surface area contributed by atoms with Crippen LogP contribution in [0.15, 0.2) is 85.1 Å². The number of pyridine rings is 1. The molecule has 0 unspecified atom stereocenters. The summed E-state index contributed by atoms with van der Waals surface area (Å²) >= 11 is 0. The van der Waals surface area contributed by atoms with Gasteiger partial charge < -0.3 is 19.6 Å². The minimum Gasteiger partial charge on any atom is -0.504 e. The van der Waals surface area contributed by atoms with Gasteiger partial charge in [-0.15, -0.1) is 0 Å². The predicted octanol–water partition coefficient (Wildman–Crippen LogP) is 6.17. The lowest BCUT2D eigenvalue weighted by Gasteiger charge is -2.34. The van der Waals surface area contributed by atoms with E-state index in [1.54, 1.807) is 13.2 Å². The van der Waals surface area contributed by atoms with Gasteiger partial charge in [-0.05, 0) is 76.9 Å². The third-order valence-electron chi connectivity index (χ3n) is 7.57. The van der Waals surface area contributed by atoms with Crippen molar-refractivity contribution >= 4 is 5.82 Å². The Morgan fingerprint density at radius 3 is 2.20 bits per heavy atom. The first-order valence-electron chi connectivity index (χ1n) is 14.2. The van der Waals surface area contributed by atoms with Crippen molar-refractivity contribution in [2.24, 2.45) is 0 Å². The Labute approximate surface area is 243 Å². The summed E-state index contributed by atoms with van der Waals surface area (Å²) in [5.41, 5.74) is 8.69. The highest BCUT2D eigenvalue weighted by Crippen LogP contribution is 2.39. The molecule has 3 aromatic carbocycles. The Balaban J connectivity index is 1.20. The number of nitrogens with one attached hydrogen (secondary N) is 1. The second kappa shape index (κ2) is 12.6. The van der Waals surface area contributed by atoms with Crippen LogP contribution >= 0.6 is 0 Å². The van der Waals surface area contributed by atoms with Crippen molar-refractivity contribution < 1.29 is 14.7 Å². The van der Waals surface area contributed by atoms with Crippen LogP contribution in [-0.2, 0) is 18.3 Å². The molecule has 1 fully saturated rings. The summed E-state index contributed by atoms with van der Waals surface area (Å²) in [5.74, 6) is 2.33. The van der Waals surface area contributed by atoms with Crippen molar-refractivity contribution in [3.05, 3.63) is 102 Å². The molecular formula is C34H40N4O3. The molecule has 7 nitrogen and oxygen atoms in total. The van der Waals surface area contributed by atoms with Gasteiger partial charge in [-0.3, -0.25) is 0 Å². The van der Waals surface area contributed by atoms with Crippen LogP contribution in [0, 0.1) is 0 Å². The zero-order chi connectivity index (χ0) is 28.8. The van der Waals surface area contributed by atoms with Gasteiger partial charge in [0.15, 0.2) is 11.5 Å². The van der Waals surface area contributed by atoms with Crippen LogP contribution in [0.1, 0.15) is 37.5 Å². The normalized spacial score (nSPS) is 14.2. The van der Waals surface area contributed by atoms with Gasteiger partial charge in [-0.1, -0.05) is 68.8 Å². The van der Waals surface area contributed by atoms with Gasteiger partial charge in [0.2, 0.25) is 0 Å². The van der Waals surface area contributed by atoms with E-state index in [1.165, 1.54) is 11.1 Å².